The van der Waals surface area contributed by atoms with Crippen LogP contribution in [0.4, 0.5) is 0 Å². The Morgan fingerprint density at radius 3 is 1.31 bits per heavy atom. The molecule has 1 atom stereocenters. The standard InChI is InChI=1S/C39H70O12/c1-2-3-4-5-6-7-10-37-12-14-38(15-13-37)49-35-33-47-31-29-45-27-25-43-23-21-41-19-17-40-18-20-42-22-24-44-26-28-46-30-32-48-34-36-51-39-11-8-9-16-50-39/h12-15,39H,2-11,16-36H2,1H3. The number of hydrogen-bond donors (Lipinski definition) is 0. The van der Waals surface area contributed by atoms with Gasteiger partial charge in [-0.1, -0.05) is 51.2 Å². The zero-order valence-electron chi connectivity index (χ0n) is 31.7. The number of hydrogen-bond acceptors (Lipinski definition) is 12. The lowest BCUT2D eigenvalue weighted by Gasteiger charge is -2.22. The summed E-state index contributed by atoms with van der Waals surface area (Å²) in [5.74, 6) is 0.887. The van der Waals surface area contributed by atoms with Crippen LogP contribution in [0.3, 0.4) is 0 Å². The van der Waals surface area contributed by atoms with Crippen LogP contribution in [0.25, 0.3) is 0 Å². The number of ether oxygens (including phenoxy) is 12. The highest BCUT2D eigenvalue weighted by atomic mass is 16.7. The minimum atomic E-state index is -0.0647. The Hall–Kier alpha value is -1.42. The summed E-state index contributed by atoms with van der Waals surface area (Å²) in [5.41, 5.74) is 1.38. The van der Waals surface area contributed by atoms with Crippen LogP contribution in [0.15, 0.2) is 24.3 Å². The van der Waals surface area contributed by atoms with Gasteiger partial charge in [-0.05, 0) is 49.8 Å². The maximum absolute atomic E-state index is 5.78. The largest absolute Gasteiger partial charge is 0.491 e. The van der Waals surface area contributed by atoms with Crippen molar-refractivity contribution in [2.75, 3.05) is 139 Å². The topological polar surface area (TPSA) is 111 Å². The Labute approximate surface area is 308 Å². The first-order valence-electron chi connectivity index (χ1n) is 19.5. The van der Waals surface area contributed by atoms with Crippen LogP contribution >= 0.6 is 0 Å². The zero-order valence-corrected chi connectivity index (χ0v) is 31.7. The molecular formula is C39H70O12. The molecule has 2 rings (SSSR count). The van der Waals surface area contributed by atoms with Gasteiger partial charge in [0.1, 0.15) is 12.4 Å². The fourth-order valence-corrected chi connectivity index (χ4v) is 5.02. The van der Waals surface area contributed by atoms with Crippen molar-refractivity contribution in [3.63, 3.8) is 0 Å². The summed E-state index contributed by atoms with van der Waals surface area (Å²) in [6.45, 7) is 13.6. The van der Waals surface area contributed by atoms with Crippen LogP contribution in [0.1, 0.15) is 70.3 Å². The molecule has 1 unspecified atom stereocenters. The number of benzene rings is 1. The third-order valence-electron chi connectivity index (χ3n) is 7.88. The van der Waals surface area contributed by atoms with E-state index in [0.717, 1.165) is 31.6 Å². The molecule has 0 radical (unpaired) electrons. The molecule has 0 spiro atoms. The van der Waals surface area contributed by atoms with Crippen LogP contribution in [0.2, 0.25) is 0 Å². The molecule has 1 aliphatic heterocycles. The smallest absolute Gasteiger partial charge is 0.157 e. The average Bonchev–Trinajstić information content (AvgIpc) is 3.16. The molecule has 0 aliphatic carbocycles. The number of unbranched alkanes of at least 4 members (excludes halogenated alkanes) is 5. The summed E-state index contributed by atoms with van der Waals surface area (Å²) in [4.78, 5) is 0. The van der Waals surface area contributed by atoms with E-state index in [1.807, 2.05) is 0 Å². The lowest BCUT2D eigenvalue weighted by atomic mass is 10.0. The summed E-state index contributed by atoms with van der Waals surface area (Å²) in [6.07, 6.45) is 12.3. The first-order valence-corrected chi connectivity index (χ1v) is 19.5. The lowest BCUT2D eigenvalue weighted by Crippen LogP contribution is -2.24. The van der Waals surface area contributed by atoms with Crippen LogP contribution in [-0.2, 0) is 58.5 Å². The molecule has 0 N–H and O–H groups in total. The van der Waals surface area contributed by atoms with E-state index in [0.29, 0.717) is 132 Å². The molecule has 0 amide bonds. The van der Waals surface area contributed by atoms with Gasteiger partial charge in [-0.3, -0.25) is 0 Å². The van der Waals surface area contributed by atoms with E-state index in [4.69, 9.17) is 56.8 Å². The number of aryl methyl sites for hydroxylation is 1. The monoisotopic (exact) mass is 730 g/mol. The summed E-state index contributed by atoms with van der Waals surface area (Å²) in [6, 6.07) is 8.44. The Morgan fingerprint density at radius 1 is 0.471 bits per heavy atom. The van der Waals surface area contributed by atoms with E-state index in [1.54, 1.807) is 0 Å². The molecule has 1 aromatic rings. The molecule has 1 aromatic carbocycles. The van der Waals surface area contributed by atoms with E-state index in [1.165, 1.54) is 50.5 Å². The highest BCUT2D eigenvalue weighted by Crippen LogP contribution is 2.15. The maximum Gasteiger partial charge on any atom is 0.157 e. The molecule has 1 fully saturated rings. The van der Waals surface area contributed by atoms with E-state index < -0.39 is 0 Å². The molecule has 0 aromatic heterocycles. The van der Waals surface area contributed by atoms with Crippen molar-refractivity contribution >= 4 is 0 Å². The average molecular weight is 731 g/mol. The first-order chi connectivity index (χ1) is 25.4. The van der Waals surface area contributed by atoms with Crippen molar-refractivity contribution in [2.45, 2.75) is 77.4 Å². The van der Waals surface area contributed by atoms with Crippen molar-refractivity contribution in [3.8, 4) is 5.75 Å². The van der Waals surface area contributed by atoms with Gasteiger partial charge in [0, 0.05) is 6.61 Å². The second-order valence-electron chi connectivity index (χ2n) is 12.2. The second kappa shape index (κ2) is 36.9. The van der Waals surface area contributed by atoms with Gasteiger partial charge in [0.05, 0.1) is 126 Å². The number of rotatable bonds is 39. The predicted octanol–water partition coefficient (Wildman–Crippen LogP) is 5.66. The van der Waals surface area contributed by atoms with E-state index in [9.17, 15) is 0 Å². The highest BCUT2D eigenvalue weighted by Gasteiger charge is 2.13. The molecule has 12 nitrogen and oxygen atoms in total. The second-order valence-corrected chi connectivity index (χ2v) is 12.2. The van der Waals surface area contributed by atoms with Crippen molar-refractivity contribution < 1.29 is 56.8 Å². The molecule has 1 heterocycles. The Morgan fingerprint density at radius 2 is 0.882 bits per heavy atom. The third-order valence-corrected chi connectivity index (χ3v) is 7.88. The van der Waals surface area contributed by atoms with E-state index >= 15 is 0 Å². The van der Waals surface area contributed by atoms with E-state index in [-0.39, 0.29) is 6.29 Å². The van der Waals surface area contributed by atoms with Crippen LogP contribution in [-0.4, -0.2) is 145 Å². The summed E-state index contributed by atoms with van der Waals surface area (Å²) < 4.78 is 66.6. The van der Waals surface area contributed by atoms with E-state index in [2.05, 4.69) is 31.2 Å². The van der Waals surface area contributed by atoms with Crippen molar-refractivity contribution in [1.82, 2.24) is 0 Å². The Kier molecular flexibility index (Phi) is 33.1. The van der Waals surface area contributed by atoms with Crippen LogP contribution in [0, 0.1) is 0 Å². The van der Waals surface area contributed by atoms with Crippen molar-refractivity contribution in [2.24, 2.45) is 0 Å². The fraction of sp³-hybridized carbons (Fsp3) is 0.846. The highest BCUT2D eigenvalue weighted by molar-refractivity contribution is 5.27. The third kappa shape index (κ3) is 30.7. The minimum Gasteiger partial charge on any atom is -0.491 e. The van der Waals surface area contributed by atoms with Gasteiger partial charge in [-0.15, -0.1) is 0 Å². The quantitative estimate of drug-likeness (QED) is 0.0780. The Bertz CT molecular complexity index is 825. The summed E-state index contributed by atoms with van der Waals surface area (Å²) in [5, 5.41) is 0. The molecule has 1 aliphatic rings. The van der Waals surface area contributed by atoms with Crippen molar-refractivity contribution in [3.05, 3.63) is 29.8 Å². The molecule has 0 saturated carbocycles. The van der Waals surface area contributed by atoms with Gasteiger partial charge < -0.3 is 56.8 Å². The molecule has 1 saturated heterocycles. The zero-order chi connectivity index (χ0) is 36.0. The van der Waals surface area contributed by atoms with Gasteiger partial charge in [0.2, 0.25) is 0 Å². The summed E-state index contributed by atoms with van der Waals surface area (Å²) in [7, 11) is 0. The first kappa shape index (κ1) is 45.7. The van der Waals surface area contributed by atoms with Crippen LogP contribution in [0.5, 0.6) is 5.75 Å². The lowest BCUT2D eigenvalue weighted by molar-refractivity contribution is -0.169. The molecule has 51 heavy (non-hydrogen) atoms. The molecular weight excluding hydrogens is 660 g/mol. The normalized spacial score (nSPS) is 14.7. The predicted molar refractivity (Wildman–Crippen MR) is 196 cm³/mol. The molecule has 298 valence electrons. The molecule has 12 heteroatoms. The molecule has 0 bridgehead atoms. The summed E-state index contributed by atoms with van der Waals surface area (Å²) >= 11 is 0. The van der Waals surface area contributed by atoms with Gasteiger partial charge in [-0.25, -0.2) is 0 Å². The Balaban J connectivity index is 1.17. The van der Waals surface area contributed by atoms with Gasteiger partial charge in [0.15, 0.2) is 6.29 Å². The fourth-order valence-electron chi connectivity index (χ4n) is 5.02. The van der Waals surface area contributed by atoms with Crippen LogP contribution < -0.4 is 4.74 Å². The van der Waals surface area contributed by atoms with Crippen molar-refractivity contribution in [1.29, 1.82) is 0 Å². The minimum absolute atomic E-state index is 0.0647. The van der Waals surface area contributed by atoms with Gasteiger partial charge >= 0.3 is 0 Å². The SMILES string of the molecule is CCCCCCCCc1ccc(OCCOCCOCCOCCOCCOCCOCCOCCOCCOCCOC2CCCCO2)cc1. The maximum atomic E-state index is 5.78. The van der Waals surface area contributed by atoms with Gasteiger partial charge in [0.25, 0.3) is 0 Å². The van der Waals surface area contributed by atoms with Gasteiger partial charge in [-0.2, -0.15) is 0 Å².